The van der Waals surface area contributed by atoms with Crippen molar-refractivity contribution < 1.29 is 42.9 Å². The first kappa shape index (κ1) is 18.6. The molecule has 0 aromatic carbocycles. The maximum Gasteiger partial charge on any atom is 0.352 e. The molecular formula is C12H14F2N2O7S. The van der Waals surface area contributed by atoms with Gasteiger partial charge in [-0.3, -0.25) is 14.5 Å². The summed E-state index contributed by atoms with van der Waals surface area (Å²) in [4.78, 5) is 36.2. The van der Waals surface area contributed by atoms with Crippen LogP contribution < -0.4 is 5.32 Å². The van der Waals surface area contributed by atoms with Crippen molar-refractivity contribution >= 4 is 29.5 Å². The average Bonchev–Trinajstić information content (AvgIpc) is 2.55. The first-order valence-electron chi connectivity index (χ1n) is 6.55. The molecule has 3 N–H and O–H groups in total. The van der Waals surface area contributed by atoms with Crippen molar-refractivity contribution in [2.75, 3.05) is 26.1 Å². The van der Waals surface area contributed by atoms with Gasteiger partial charge in [-0.25, -0.2) is 4.79 Å². The number of aliphatic hydroxyl groups excluding tert-OH is 1. The number of ether oxygens (including phenoxy) is 2. The molecule has 0 bridgehead atoms. The number of carbonyl (C=O) groups excluding carboxylic acids is 2. The van der Waals surface area contributed by atoms with Crippen LogP contribution in [-0.4, -0.2) is 76.7 Å². The maximum atomic E-state index is 12.4. The highest BCUT2D eigenvalue weighted by molar-refractivity contribution is 8.00. The molecule has 134 valence electrons. The standard InChI is InChI=1S/C12H14F2N2O7S/c1-22-12(15-6(18)4-24-11(13)14)9(21)16-7(8(19)20)5(2-17)3-23-10(12)16/h10-11,17H,2-4H2,1H3,(H,15,18)(H,19,20)/t10-,12+/m1/s1. The van der Waals surface area contributed by atoms with Gasteiger partial charge in [-0.15, -0.1) is 0 Å². The first-order valence-corrected chi connectivity index (χ1v) is 7.60. The summed E-state index contributed by atoms with van der Waals surface area (Å²) in [7, 11) is 1.09. The minimum atomic E-state index is -2.76. The van der Waals surface area contributed by atoms with E-state index < -0.39 is 53.6 Å². The normalized spacial score (nSPS) is 26.3. The van der Waals surface area contributed by atoms with Crippen LogP contribution in [0.2, 0.25) is 0 Å². The summed E-state index contributed by atoms with van der Waals surface area (Å²) < 4.78 is 34.6. The lowest BCUT2D eigenvalue weighted by Crippen LogP contribution is -2.82. The summed E-state index contributed by atoms with van der Waals surface area (Å²) in [6, 6.07) is 0. The number of nitrogens with zero attached hydrogens (tertiary/aromatic N) is 1. The topological polar surface area (TPSA) is 125 Å². The fourth-order valence-electron chi connectivity index (χ4n) is 2.45. The third-order valence-electron chi connectivity index (χ3n) is 3.49. The Hall–Kier alpha value is -1.76. The van der Waals surface area contributed by atoms with Crippen LogP contribution in [0.3, 0.4) is 0 Å². The highest BCUT2D eigenvalue weighted by Crippen LogP contribution is 2.40. The number of amides is 2. The van der Waals surface area contributed by atoms with E-state index in [1.54, 1.807) is 0 Å². The molecule has 2 aliphatic rings. The number of β-lactam (4-membered cyclic amide) rings is 1. The largest absolute Gasteiger partial charge is 0.477 e. The second kappa shape index (κ2) is 7.01. The van der Waals surface area contributed by atoms with E-state index in [0.717, 1.165) is 12.0 Å². The molecule has 1 saturated heterocycles. The van der Waals surface area contributed by atoms with Crippen LogP contribution in [0.1, 0.15) is 0 Å². The van der Waals surface area contributed by atoms with Gasteiger partial charge in [-0.1, -0.05) is 11.8 Å². The molecule has 2 atom stereocenters. The molecule has 12 heteroatoms. The van der Waals surface area contributed by atoms with E-state index in [4.69, 9.17) is 14.6 Å². The fourth-order valence-corrected chi connectivity index (χ4v) is 2.80. The van der Waals surface area contributed by atoms with E-state index in [1.807, 2.05) is 0 Å². The summed E-state index contributed by atoms with van der Waals surface area (Å²) >= 11 is 0.0620. The number of halogens is 2. The zero-order chi connectivity index (χ0) is 18.1. The lowest BCUT2D eigenvalue weighted by atomic mass is 9.94. The highest BCUT2D eigenvalue weighted by Gasteiger charge is 2.67. The van der Waals surface area contributed by atoms with Crippen LogP contribution in [0.5, 0.6) is 0 Å². The Morgan fingerprint density at radius 3 is 2.75 bits per heavy atom. The quantitative estimate of drug-likeness (QED) is 0.383. The van der Waals surface area contributed by atoms with Crippen LogP contribution in [0.25, 0.3) is 0 Å². The number of hydrogen-bond acceptors (Lipinski definition) is 7. The van der Waals surface area contributed by atoms with Crippen LogP contribution in [0, 0.1) is 0 Å². The Morgan fingerprint density at radius 2 is 2.25 bits per heavy atom. The lowest BCUT2D eigenvalue weighted by molar-refractivity contribution is -0.258. The van der Waals surface area contributed by atoms with Crippen LogP contribution in [0.4, 0.5) is 8.78 Å². The van der Waals surface area contributed by atoms with E-state index in [9.17, 15) is 28.3 Å². The van der Waals surface area contributed by atoms with Crippen molar-refractivity contribution in [2.24, 2.45) is 0 Å². The summed E-state index contributed by atoms with van der Waals surface area (Å²) in [5.74, 6) is -6.67. The number of alkyl halides is 2. The highest BCUT2D eigenvalue weighted by atomic mass is 32.2. The van der Waals surface area contributed by atoms with Crippen molar-refractivity contribution in [2.45, 2.75) is 17.7 Å². The minimum absolute atomic E-state index is 0.0172. The average molecular weight is 368 g/mol. The zero-order valence-corrected chi connectivity index (χ0v) is 13.1. The molecule has 24 heavy (non-hydrogen) atoms. The summed E-state index contributed by atoms with van der Waals surface area (Å²) in [6.07, 6.45) is -1.28. The molecule has 0 radical (unpaired) electrons. The minimum Gasteiger partial charge on any atom is -0.477 e. The van der Waals surface area contributed by atoms with Gasteiger partial charge in [0, 0.05) is 12.7 Å². The Labute approximate surface area is 138 Å². The van der Waals surface area contributed by atoms with E-state index in [-0.39, 0.29) is 23.9 Å². The number of methoxy groups -OCH3 is 1. The lowest BCUT2D eigenvalue weighted by Gasteiger charge is -2.55. The number of hydrogen-bond donors (Lipinski definition) is 3. The van der Waals surface area contributed by atoms with E-state index in [0.29, 0.717) is 0 Å². The zero-order valence-electron chi connectivity index (χ0n) is 12.3. The molecule has 0 saturated carbocycles. The van der Waals surface area contributed by atoms with Gasteiger partial charge >= 0.3 is 5.97 Å². The van der Waals surface area contributed by atoms with Crippen LogP contribution >= 0.6 is 11.8 Å². The molecule has 0 aromatic rings. The maximum absolute atomic E-state index is 12.4. The first-order chi connectivity index (χ1) is 11.3. The molecule has 0 aromatic heterocycles. The molecule has 0 aliphatic carbocycles. The van der Waals surface area contributed by atoms with E-state index in [2.05, 4.69) is 5.32 Å². The molecular weight excluding hydrogens is 354 g/mol. The van der Waals surface area contributed by atoms with Crippen molar-refractivity contribution in [3.05, 3.63) is 11.3 Å². The number of carbonyl (C=O) groups is 3. The SMILES string of the molecule is CO[C@@]1(NC(=O)CSC(F)F)C(=O)N2C(C(=O)O)=C(CO)CO[C@@H]21. The third-order valence-corrected chi connectivity index (χ3v) is 4.17. The number of aliphatic hydroxyl groups is 1. The van der Waals surface area contributed by atoms with Crippen LogP contribution in [0.15, 0.2) is 11.3 Å². The monoisotopic (exact) mass is 368 g/mol. The molecule has 2 aliphatic heterocycles. The van der Waals surface area contributed by atoms with Gasteiger partial charge < -0.3 is 25.0 Å². The van der Waals surface area contributed by atoms with Gasteiger partial charge in [0.05, 0.1) is 19.0 Å². The number of nitrogens with one attached hydrogen (secondary N) is 1. The van der Waals surface area contributed by atoms with E-state index >= 15 is 0 Å². The molecule has 2 amide bonds. The van der Waals surface area contributed by atoms with Gasteiger partial charge in [-0.05, 0) is 0 Å². The van der Waals surface area contributed by atoms with Crippen molar-refractivity contribution in [1.82, 2.24) is 10.2 Å². The Balaban J connectivity index is 2.21. The summed E-state index contributed by atoms with van der Waals surface area (Å²) in [6.45, 7) is -0.922. The summed E-state index contributed by atoms with van der Waals surface area (Å²) in [5, 5.41) is 20.5. The smallest absolute Gasteiger partial charge is 0.352 e. The van der Waals surface area contributed by atoms with Gasteiger partial charge in [-0.2, -0.15) is 8.78 Å². The van der Waals surface area contributed by atoms with Crippen molar-refractivity contribution in [3.63, 3.8) is 0 Å². The molecule has 0 unspecified atom stereocenters. The fraction of sp³-hybridized carbons (Fsp3) is 0.583. The van der Waals surface area contributed by atoms with Gasteiger partial charge in [0.25, 0.3) is 17.4 Å². The Bertz CT molecular complexity index is 600. The predicted molar refractivity (Wildman–Crippen MR) is 74.7 cm³/mol. The van der Waals surface area contributed by atoms with Crippen LogP contribution in [-0.2, 0) is 23.9 Å². The molecule has 2 rings (SSSR count). The molecule has 2 heterocycles. The number of carboxylic acid groups (broad SMARTS) is 1. The van der Waals surface area contributed by atoms with Gasteiger partial charge in [0.15, 0.2) is 6.23 Å². The predicted octanol–water partition coefficient (Wildman–Crippen LogP) is -1.07. The second-order valence-corrected chi connectivity index (χ2v) is 5.79. The second-order valence-electron chi connectivity index (χ2n) is 4.81. The van der Waals surface area contributed by atoms with Gasteiger partial charge in [0.1, 0.15) is 5.70 Å². The summed E-state index contributed by atoms with van der Waals surface area (Å²) in [5.41, 5.74) is -2.47. The van der Waals surface area contributed by atoms with Crippen molar-refractivity contribution in [3.8, 4) is 0 Å². The Morgan fingerprint density at radius 1 is 1.58 bits per heavy atom. The number of fused-ring (bicyclic) bond motifs is 1. The Kier molecular flexibility index (Phi) is 5.42. The number of rotatable bonds is 7. The number of aliphatic carboxylic acids is 1. The van der Waals surface area contributed by atoms with E-state index in [1.165, 1.54) is 0 Å². The van der Waals surface area contributed by atoms with Crippen molar-refractivity contribution in [1.29, 1.82) is 0 Å². The molecule has 9 nitrogen and oxygen atoms in total. The molecule has 0 spiro atoms. The number of thioether (sulfide) groups is 1. The van der Waals surface area contributed by atoms with Gasteiger partial charge in [0.2, 0.25) is 5.91 Å². The third kappa shape index (κ3) is 2.97. The number of carboxylic acids is 1. The molecule has 1 fully saturated rings.